The Balaban J connectivity index is 0. The van der Waals surface area contributed by atoms with E-state index in [2.05, 4.69) is 0 Å². The molecule has 0 heterocycles. The van der Waals surface area contributed by atoms with Crippen LogP contribution < -0.4 is 154 Å². The topological polar surface area (TPSA) is 30.0 Å². The molecule has 1 nitrogen and oxygen atoms in total. The molecule has 0 atom stereocenters. The van der Waals surface area contributed by atoms with Crippen molar-refractivity contribution in [3.63, 3.8) is 0 Å². The van der Waals surface area contributed by atoms with E-state index in [1.54, 1.807) is 0 Å². The molecule has 0 aromatic carbocycles. The Labute approximate surface area is 154 Å². The maximum Gasteiger partial charge on any atom is 1.00 e. The summed E-state index contributed by atoms with van der Waals surface area (Å²) in [7, 11) is 0. The predicted octanol–water partition coefficient (Wildman–Crippen LogP) is -9.16. The van der Waals surface area contributed by atoms with Gasteiger partial charge < -0.3 is 5.48 Å². The first-order valence-electron chi connectivity index (χ1n) is 0. The first kappa shape index (κ1) is 23.2. The maximum atomic E-state index is 0. The second-order valence-electron chi connectivity index (χ2n) is 0. The Hall–Kier alpha value is 4.87. The van der Waals surface area contributed by atoms with Crippen LogP contribution in [0, 0.1) is 0 Å². The molecule has 4 heteroatoms. The number of rotatable bonds is 0. The van der Waals surface area contributed by atoms with Crippen LogP contribution in [-0.4, -0.2) is 5.48 Å². The second kappa shape index (κ2) is 15.7. The van der Waals surface area contributed by atoms with Gasteiger partial charge >= 0.3 is 154 Å². The van der Waals surface area contributed by atoms with Crippen LogP contribution in [0.4, 0.5) is 0 Å². The van der Waals surface area contributed by atoms with Gasteiger partial charge in [0.25, 0.3) is 0 Å². The van der Waals surface area contributed by atoms with Crippen LogP contribution in [0.15, 0.2) is 0 Å². The Morgan fingerprint density at radius 1 is 0.500 bits per heavy atom. The van der Waals surface area contributed by atoms with Crippen molar-refractivity contribution in [2.75, 3.05) is 0 Å². The van der Waals surface area contributed by atoms with Gasteiger partial charge in [-0.2, -0.15) is 0 Å². The Kier molecular flexibility index (Phi) is 90.7. The van der Waals surface area contributed by atoms with Gasteiger partial charge in [0.15, 0.2) is 0 Å². The summed E-state index contributed by atoms with van der Waals surface area (Å²) in [6.07, 6.45) is 0. The van der Waals surface area contributed by atoms with Crippen LogP contribution >= 0.6 is 0 Å². The second-order valence-corrected chi connectivity index (χ2v) is 0. The fraction of sp³-hybridized carbons (Fsp3) is 0. The molecule has 0 aliphatic carbocycles. The van der Waals surface area contributed by atoms with Gasteiger partial charge in [0, 0.05) is 0 Å². The summed E-state index contributed by atoms with van der Waals surface area (Å²) in [5.41, 5.74) is 0. The third-order valence-corrected chi connectivity index (χ3v) is 0. The Morgan fingerprint density at radius 2 is 0.500 bits per heavy atom. The van der Waals surface area contributed by atoms with Gasteiger partial charge in [0.2, 0.25) is 0 Å². The molecule has 0 spiro atoms. The average Bonchev–Trinajstić information content (AvgIpc) is 0. The van der Waals surface area contributed by atoms with Gasteiger partial charge in [0.1, 0.15) is 0 Å². The van der Waals surface area contributed by atoms with Crippen LogP contribution in [0.2, 0.25) is 0 Å². The minimum absolute atomic E-state index is 0. The van der Waals surface area contributed by atoms with Crippen molar-refractivity contribution in [3.8, 4) is 0 Å². The molecule has 4 heavy (non-hydrogen) atoms. The van der Waals surface area contributed by atoms with Gasteiger partial charge in [-0.15, -0.1) is 0 Å². The fourth-order valence-corrected chi connectivity index (χ4v) is 0. The van der Waals surface area contributed by atoms with E-state index >= 15 is 0 Å². The molecule has 0 aromatic heterocycles. The summed E-state index contributed by atoms with van der Waals surface area (Å²) >= 11 is 0. The minimum atomic E-state index is 0. The van der Waals surface area contributed by atoms with E-state index in [0.717, 1.165) is 0 Å². The van der Waals surface area contributed by atoms with Crippen LogP contribution in [0.1, 0.15) is 0 Å². The summed E-state index contributed by atoms with van der Waals surface area (Å²) in [4.78, 5) is 0. The summed E-state index contributed by atoms with van der Waals surface area (Å²) in [5, 5.41) is 0. The molecule has 0 rings (SSSR count). The number of hydrogen-bond donors (Lipinski definition) is 0. The first-order chi connectivity index (χ1) is 0. The molecular formula is HK3O+2. The third kappa shape index (κ3) is 9.98. The van der Waals surface area contributed by atoms with Crippen LogP contribution in [0.25, 0.3) is 0 Å². The van der Waals surface area contributed by atoms with Crippen LogP contribution in [0.5, 0.6) is 0 Å². The van der Waals surface area contributed by atoms with E-state index < -0.39 is 0 Å². The molecule has 0 aliphatic rings. The van der Waals surface area contributed by atoms with Gasteiger partial charge in [-0.1, -0.05) is 0 Å². The molecule has 0 fully saturated rings. The van der Waals surface area contributed by atoms with E-state index in [4.69, 9.17) is 0 Å². The molecule has 0 aliphatic heterocycles. The molecule has 0 saturated heterocycles. The quantitative estimate of drug-likeness (QED) is 0.303. The molecule has 1 N–H and O–H groups in total. The van der Waals surface area contributed by atoms with Crippen LogP contribution in [0.3, 0.4) is 0 Å². The number of hydrogen-bond acceptors (Lipinski definition) is 1. The summed E-state index contributed by atoms with van der Waals surface area (Å²) in [6, 6.07) is 0. The van der Waals surface area contributed by atoms with E-state index in [9.17, 15) is 0 Å². The summed E-state index contributed by atoms with van der Waals surface area (Å²) in [6.45, 7) is 0. The third-order valence-electron chi connectivity index (χ3n) is 0. The minimum Gasteiger partial charge on any atom is -0.870 e. The fourth-order valence-electron chi connectivity index (χ4n) is 0. The predicted molar refractivity (Wildman–Crippen MR) is 1.94 cm³/mol. The smallest absolute Gasteiger partial charge is 0.870 e. The van der Waals surface area contributed by atoms with Crippen molar-refractivity contribution in [2.24, 2.45) is 0 Å². The summed E-state index contributed by atoms with van der Waals surface area (Å²) < 4.78 is 0. The van der Waals surface area contributed by atoms with E-state index in [1.807, 2.05) is 0 Å². The molecule has 0 unspecified atom stereocenters. The van der Waals surface area contributed by atoms with E-state index in [0.29, 0.717) is 0 Å². The van der Waals surface area contributed by atoms with Crippen molar-refractivity contribution in [1.82, 2.24) is 0 Å². The molecular weight excluding hydrogens is 133 g/mol. The van der Waals surface area contributed by atoms with Crippen molar-refractivity contribution in [3.05, 3.63) is 0 Å². The van der Waals surface area contributed by atoms with Gasteiger partial charge in [-0.05, 0) is 0 Å². The van der Waals surface area contributed by atoms with Crippen LogP contribution in [-0.2, 0) is 0 Å². The zero-order chi connectivity index (χ0) is 0. The normalized spacial score (nSPS) is 0. The van der Waals surface area contributed by atoms with E-state index in [1.165, 1.54) is 0 Å². The molecule has 8 valence electrons. The van der Waals surface area contributed by atoms with Crippen molar-refractivity contribution >= 4 is 0 Å². The molecule has 0 radical (unpaired) electrons. The zero-order valence-corrected chi connectivity index (χ0v) is 12.8. The largest absolute Gasteiger partial charge is 1.00 e. The van der Waals surface area contributed by atoms with Crippen molar-refractivity contribution in [1.29, 1.82) is 0 Å². The average molecular weight is 134 g/mol. The SMILES string of the molecule is [K+].[K+].[K+].[OH-]. The monoisotopic (exact) mass is 134 g/mol. The zero-order valence-electron chi connectivity index (χ0n) is 3.45. The standard InChI is InChI=1S/3K.H2O/h;;;1H2/q3*+1;/p-1. The molecule has 0 amide bonds. The molecule has 0 bridgehead atoms. The van der Waals surface area contributed by atoms with Crippen molar-refractivity contribution in [2.45, 2.75) is 0 Å². The van der Waals surface area contributed by atoms with Gasteiger partial charge in [-0.25, -0.2) is 0 Å². The van der Waals surface area contributed by atoms with E-state index in [-0.39, 0.29) is 160 Å². The Bertz CT molecular complexity index is 3.25. The molecule has 0 aromatic rings. The molecule has 0 saturated carbocycles. The maximum absolute atomic E-state index is 0. The van der Waals surface area contributed by atoms with Gasteiger partial charge in [-0.3, -0.25) is 0 Å². The summed E-state index contributed by atoms with van der Waals surface area (Å²) in [5.74, 6) is 0. The Morgan fingerprint density at radius 3 is 0.500 bits per heavy atom. The van der Waals surface area contributed by atoms with Gasteiger partial charge in [0.05, 0.1) is 0 Å². The first-order valence-corrected chi connectivity index (χ1v) is 0. The van der Waals surface area contributed by atoms with Crippen molar-refractivity contribution < 1.29 is 160 Å².